The van der Waals surface area contributed by atoms with E-state index in [4.69, 9.17) is 0 Å². The van der Waals surface area contributed by atoms with Crippen LogP contribution in [0.1, 0.15) is 29.2 Å². The molecule has 24 heavy (non-hydrogen) atoms. The molecule has 0 radical (unpaired) electrons. The number of carbonyl (C=O) groups is 1. The van der Waals surface area contributed by atoms with Gasteiger partial charge in [-0.05, 0) is 50.2 Å². The smallest absolute Gasteiger partial charge is 0.257 e. The number of nitrogens with one attached hydrogen (secondary N) is 2. The Morgan fingerprint density at radius 2 is 1.75 bits per heavy atom. The number of imidazole rings is 1. The lowest BCUT2D eigenvalue weighted by Crippen LogP contribution is -2.30. The summed E-state index contributed by atoms with van der Waals surface area (Å²) in [5, 5.41) is 6.40. The van der Waals surface area contributed by atoms with Gasteiger partial charge in [0, 0.05) is 11.6 Å². The lowest BCUT2D eigenvalue weighted by atomic mass is 10.1. The minimum atomic E-state index is -0.124. The molecule has 3 aromatic rings. The van der Waals surface area contributed by atoms with Gasteiger partial charge in [-0.3, -0.25) is 10.1 Å². The maximum atomic E-state index is 12.5. The summed E-state index contributed by atoms with van der Waals surface area (Å²) in [6, 6.07) is 17.7. The van der Waals surface area contributed by atoms with Crippen LogP contribution in [0.15, 0.2) is 54.6 Å². The zero-order valence-electron chi connectivity index (χ0n) is 13.4. The minimum absolute atomic E-state index is 0.124. The summed E-state index contributed by atoms with van der Waals surface area (Å²) in [4.78, 5) is 17.2. The van der Waals surface area contributed by atoms with Crippen LogP contribution in [0, 0.1) is 0 Å². The third-order valence-electron chi connectivity index (χ3n) is 4.53. The molecule has 0 aliphatic carbocycles. The molecule has 5 heteroatoms. The van der Waals surface area contributed by atoms with Gasteiger partial charge in [0.15, 0.2) is 0 Å². The highest BCUT2D eigenvalue weighted by Gasteiger charge is 2.22. The predicted octanol–water partition coefficient (Wildman–Crippen LogP) is 3.21. The summed E-state index contributed by atoms with van der Waals surface area (Å²) < 4.78 is 2.19. The maximum Gasteiger partial charge on any atom is 0.257 e. The first-order valence-corrected chi connectivity index (χ1v) is 8.37. The normalized spacial score (nSPS) is 15.5. The summed E-state index contributed by atoms with van der Waals surface area (Å²) in [5.41, 5.74) is 2.63. The van der Waals surface area contributed by atoms with Crippen molar-refractivity contribution < 1.29 is 4.79 Å². The molecule has 1 saturated heterocycles. The number of piperidine rings is 1. The fraction of sp³-hybridized carbons (Fsp3) is 0.263. The van der Waals surface area contributed by atoms with Crippen LogP contribution in [0.3, 0.4) is 0 Å². The van der Waals surface area contributed by atoms with Crippen LogP contribution < -0.4 is 10.6 Å². The quantitative estimate of drug-likeness (QED) is 0.779. The van der Waals surface area contributed by atoms with Crippen LogP contribution in [-0.2, 0) is 0 Å². The average molecular weight is 320 g/mol. The van der Waals surface area contributed by atoms with Crippen molar-refractivity contribution >= 4 is 22.9 Å². The molecule has 5 nitrogen and oxygen atoms in total. The standard InChI is InChI=1S/C19H20N4O/c24-18(14-6-2-1-3-7-14)22-19-21-16-8-4-5-9-17(16)23(19)15-10-12-20-13-11-15/h1-9,15,20H,10-13H2,(H,21,22,24). The van der Waals surface area contributed by atoms with Gasteiger partial charge in [-0.15, -0.1) is 0 Å². The Morgan fingerprint density at radius 1 is 1.04 bits per heavy atom. The van der Waals surface area contributed by atoms with E-state index in [1.54, 1.807) is 0 Å². The molecular weight excluding hydrogens is 300 g/mol. The summed E-state index contributed by atoms with van der Waals surface area (Å²) in [7, 11) is 0. The van der Waals surface area contributed by atoms with E-state index >= 15 is 0 Å². The Balaban J connectivity index is 1.72. The van der Waals surface area contributed by atoms with Crippen LogP contribution >= 0.6 is 0 Å². The molecule has 2 aromatic carbocycles. The average Bonchev–Trinajstić information content (AvgIpc) is 3.01. The van der Waals surface area contributed by atoms with Crippen molar-refractivity contribution in [2.45, 2.75) is 18.9 Å². The second-order valence-corrected chi connectivity index (χ2v) is 6.10. The van der Waals surface area contributed by atoms with Crippen LogP contribution in [0.4, 0.5) is 5.95 Å². The van der Waals surface area contributed by atoms with Gasteiger partial charge in [-0.25, -0.2) is 4.98 Å². The van der Waals surface area contributed by atoms with Crippen molar-refractivity contribution in [3.63, 3.8) is 0 Å². The van der Waals surface area contributed by atoms with E-state index in [9.17, 15) is 4.79 Å². The van der Waals surface area contributed by atoms with E-state index in [0.717, 1.165) is 37.0 Å². The van der Waals surface area contributed by atoms with E-state index in [0.29, 0.717) is 17.6 Å². The Bertz CT molecular complexity index is 850. The van der Waals surface area contributed by atoms with Crippen molar-refractivity contribution in [2.24, 2.45) is 0 Å². The van der Waals surface area contributed by atoms with Gasteiger partial charge in [-0.1, -0.05) is 30.3 Å². The fourth-order valence-electron chi connectivity index (χ4n) is 3.33. The molecule has 2 heterocycles. The van der Waals surface area contributed by atoms with E-state index in [1.807, 2.05) is 48.5 Å². The number of rotatable bonds is 3. The van der Waals surface area contributed by atoms with Crippen LogP contribution in [0.2, 0.25) is 0 Å². The molecule has 1 amide bonds. The van der Waals surface area contributed by atoms with Crippen molar-refractivity contribution in [3.8, 4) is 0 Å². The highest BCUT2D eigenvalue weighted by atomic mass is 16.1. The number of benzene rings is 2. The largest absolute Gasteiger partial charge is 0.317 e. The van der Waals surface area contributed by atoms with Crippen molar-refractivity contribution in [1.29, 1.82) is 0 Å². The predicted molar refractivity (Wildman–Crippen MR) is 95.3 cm³/mol. The summed E-state index contributed by atoms with van der Waals surface area (Å²) in [5.74, 6) is 0.512. The molecule has 4 rings (SSSR count). The maximum absolute atomic E-state index is 12.5. The van der Waals surface area contributed by atoms with Gasteiger partial charge in [-0.2, -0.15) is 0 Å². The molecule has 0 bridgehead atoms. The van der Waals surface area contributed by atoms with Gasteiger partial charge >= 0.3 is 0 Å². The number of hydrogen-bond acceptors (Lipinski definition) is 3. The molecule has 1 fully saturated rings. The Morgan fingerprint density at radius 3 is 2.54 bits per heavy atom. The van der Waals surface area contributed by atoms with Crippen LogP contribution in [0.25, 0.3) is 11.0 Å². The zero-order valence-corrected chi connectivity index (χ0v) is 13.4. The van der Waals surface area contributed by atoms with Crippen molar-refractivity contribution in [3.05, 3.63) is 60.2 Å². The van der Waals surface area contributed by atoms with Gasteiger partial charge in [0.25, 0.3) is 5.91 Å². The lowest BCUT2D eigenvalue weighted by molar-refractivity contribution is 0.102. The molecule has 1 aliphatic heterocycles. The van der Waals surface area contributed by atoms with Crippen LogP contribution in [0.5, 0.6) is 0 Å². The van der Waals surface area contributed by atoms with Crippen LogP contribution in [-0.4, -0.2) is 28.5 Å². The number of amides is 1. The van der Waals surface area contributed by atoms with Gasteiger partial charge in [0.1, 0.15) is 0 Å². The van der Waals surface area contributed by atoms with E-state index in [2.05, 4.69) is 26.3 Å². The monoisotopic (exact) mass is 320 g/mol. The number of fused-ring (bicyclic) bond motifs is 1. The van der Waals surface area contributed by atoms with E-state index < -0.39 is 0 Å². The summed E-state index contributed by atoms with van der Waals surface area (Å²) in [6.45, 7) is 1.98. The molecule has 1 aliphatic rings. The fourth-order valence-corrected chi connectivity index (χ4v) is 3.33. The number of aromatic nitrogens is 2. The third-order valence-corrected chi connectivity index (χ3v) is 4.53. The second-order valence-electron chi connectivity index (χ2n) is 6.10. The van der Waals surface area contributed by atoms with E-state index in [-0.39, 0.29) is 5.91 Å². The highest BCUT2D eigenvalue weighted by molar-refractivity contribution is 6.04. The Labute approximate surface area is 140 Å². The molecule has 0 saturated carbocycles. The van der Waals surface area contributed by atoms with Gasteiger partial charge < -0.3 is 9.88 Å². The number of para-hydroxylation sites is 2. The molecule has 0 atom stereocenters. The van der Waals surface area contributed by atoms with Gasteiger partial charge in [0.05, 0.1) is 11.0 Å². The van der Waals surface area contributed by atoms with Crippen molar-refractivity contribution in [2.75, 3.05) is 18.4 Å². The molecular formula is C19H20N4O. The third kappa shape index (κ3) is 2.78. The van der Waals surface area contributed by atoms with Crippen molar-refractivity contribution in [1.82, 2.24) is 14.9 Å². The molecule has 1 aromatic heterocycles. The molecule has 122 valence electrons. The second kappa shape index (κ2) is 6.45. The number of anilines is 1. The minimum Gasteiger partial charge on any atom is -0.317 e. The first kappa shape index (κ1) is 14.9. The lowest BCUT2D eigenvalue weighted by Gasteiger charge is -2.26. The molecule has 0 unspecified atom stereocenters. The number of hydrogen-bond donors (Lipinski definition) is 2. The SMILES string of the molecule is O=C(Nc1nc2ccccc2n1C1CCNCC1)c1ccccc1. The Hall–Kier alpha value is -2.66. The first-order chi connectivity index (χ1) is 11.8. The summed E-state index contributed by atoms with van der Waals surface area (Å²) in [6.07, 6.45) is 2.07. The highest BCUT2D eigenvalue weighted by Crippen LogP contribution is 2.29. The van der Waals surface area contributed by atoms with Gasteiger partial charge in [0.2, 0.25) is 5.95 Å². The Kier molecular flexibility index (Phi) is 4.01. The number of nitrogens with zero attached hydrogens (tertiary/aromatic N) is 2. The number of carbonyl (C=O) groups excluding carboxylic acids is 1. The molecule has 2 N–H and O–H groups in total. The topological polar surface area (TPSA) is 59.0 Å². The molecule has 0 spiro atoms. The summed E-state index contributed by atoms with van der Waals surface area (Å²) >= 11 is 0. The first-order valence-electron chi connectivity index (χ1n) is 8.37. The van der Waals surface area contributed by atoms with E-state index in [1.165, 1.54) is 0 Å². The zero-order chi connectivity index (χ0) is 16.4.